The number of aryl methyl sites for hydroxylation is 1. The number of nitrogens with zero attached hydrogens (tertiary/aromatic N) is 6. The van der Waals surface area contributed by atoms with Gasteiger partial charge in [-0.25, -0.2) is 14.8 Å². The van der Waals surface area contributed by atoms with Gasteiger partial charge in [-0.3, -0.25) is 14.0 Å². The van der Waals surface area contributed by atoms with Crippen molar-refractivity contribution in [1.29, 1.82) is 0 Å². The predicted octanol–water partition coefficient (Wildman–Crippen LogP) is 3.57. The molecule has 0 unspecified atom stereocenters. The zero-order valence-corrected chi connectivity index (χ0v) is 20.1. The van der Waals surface area contributed by atoms with Gasteiger partial charge in [-0.2, -0.15) is 5.10 Å². The minimum atomic E-state index is -1.33. The molecule has 0 saturated carbocycles. The fourth-order valence-electron chi connectivity index (χ4n) is 4.24. The zero-order chi connectivity index (χ0) is 24.7. The van der Waals surface area contributed by atoms with E-state index in [1.54, 1.807) is 47.0 Å². The van der Waals surface area contributed by atoms with Crippen LogP contribution < -0.4 is 15.1 Å². The van der Waals surface area contributed by atoms with E-state index in [2.05, 4.69) is 10.1 Å². The second-order valence-electron chi connectivity index (χ2n) is 8.18. The first-order valence-electron chi connectivity index (χ1n) is 10.8. The molecule has 5 heterocycles. The van der Waals surface area contributed by atoms with Gasteiger partial charge in [0, 0.05) is 32.2 Å². The van der Waals surface area contributed by atoms with Crippen molar-refractivity contribution in [1.82, 2.24) is 24.3 Å². The van der Waals surface area contributed by atoms with Crippen LogP contribution in [0, 0.1) is 0 Å². The van der Waals surface area contributed by atoms with Gasteiger partial charge in [0.05, 0.1) is 28.3 Å². The lowest BCUT2D eigenvalue weighted by Gasteiger charge is -2.27. The molecule has 12 heteroatoms. The Kier molecular flexibility index (Phi) is 6.08. The molecule has 1 atom stereocenters. The summed E-state index contributed by atoms with van der Waals surface area (Å²) < 4.78 is 8.99. The summed E-state index contributed by atoms with van der Waals surface area (Å²) in [5.41, 5.74) is -0.190. The Morgan fingerprint density at radius 1 is 1.29 bits per heavy atom. The fourth-order valence-corrected chi connectivity index (χ4v) is 4.67. The lowest BCUT2D eigenvalue weighted by molar-refractivity contribution is 0.0695. The van der Waals surface area contributed by atoms with E-state index in [4.69, 9.17) is 32.9 Å². The van der Waals surface area contributed by atoms with Gasteiger partial charge < -0.3 is 14.7 Å². The minimum Gasteiger partial charge on any atom is -0.477 e. The van der Waals surface area contributed by atoms with Crippen LogP contribution in [0.25, 0.3) is 16.7 Å². The molecule has 0 spiro atoms. The second-order valence-corrected chi connectivity index (χ2v) is 8.99. The second kappa shape index (κ2) is 9.20. The molecule has 0 radical (unpaired) electrons. The lowest BCUT2D eigenvalue weighted by Crippen LogP contribution is -2.35. The average Bonchev–Trinajstić information content (AvgIpc) is 3.47. The topological polar surface area (TPSA) is 115 Å². The normalized spacial score (nSPS) is 15.6. The SMILES string of the molecule is Cn1cc(-n2cc(C(=O)O)c(=O)c3cc(Cl)c(N4CCC[C@@H]4COc4ncccc4Cl)nc32)cn1. The number of carboxylic acids is 1. The molecule has 4 aromatic heterocycles. The number of ether oxygens (including phenoxy) is 1. The summed E-state index contributed by atoms with van der Waals surface area (Å²) >= 11 is 12.8. The first-order valence-corrected chi connectivity index (χ1v) is 11.6. The van der Waals surface area contributed by atoms with Crippen molar-refractivity contribution in [3.63, 3.8) is 0 Å². The third-order valence-corrected chi connectivity index (χ3v) is 6.46. The highest BCUT2D eigenvalue weighted by atomic mass is 35.5. The van der Waals surface area contributed by atoms with Crippen LogP contribution in [0.15, 0.2) is 47.8 Å². The lowest BCUT2D eigenvalue weighted by atomic mass is 10.1. The summed E-state index contributed by atoms with van der Waals surface area (Å²) in [4.78, 5) is 35.6. The Labute approximate surface area is 209 Å². The number of anilines is 1. The number of rotatable bonds is 6. The quantitative estimate of drug-likeness (QED) is 0.415. The van der Waals surface area contributed by atoms with Gasteiger partial charge in [0.15, 0.2) is 5.65 Å². The van der Waals surface area contributed by atoms with E-state index < -0.39 is 11.4 Å². The number of pyridine rings is 3. The van der Waals surface area contributed by atoms with Crippen LogP contribution in [0.2, 0.25) is 10.0 Å². The highest BCUT2D eigenvalue weighted by Crippen LogP contribution is 2.33. The number of hydrogen-bond acceptors (Lipinski definition) is 7. The number of fused-ring (bicyclic) bond motifs is 1. The molecule has 180 valence electrons. The van der Waals surface area contributed by atoms with Gasteiger partial charge in [0.25, 0.3) is 0 Å². The van der Waals surface area contributed by atoms with Gasteiger partial charge >= 0.3 is 5.97 Å². The molecule has 0 aromatic carbocycles. The maximum absolute atomic E-state index is 12.9. The predicted molar refractivity (Wildman–Crippen MR) is 131 cm³/mol. The Bertz CT molecular complexity index is 1500. The molecule has 0 aliphatic carbocycles. The van der Waals surface area contributed by atoms with E-state index in [1.807, 2.05) is 4.90 Å². The van der Waals surface area contributed by atoms with Gasteiger partial charge in [-0.1, -0.05) is 23.2 Å². The van der Waals surface area contributed by atoms with Gasteiger partial charge in [-0.05, 0) is 31.0 Å². The van der Waals surface area contributed by atoms with Crippen LogP contribution in [-0.4, -0.2) is 54.6 Å². The summed E-state index contributed by atoms with van der Waals surface area (Å²) in [7, 11) is 1.74. The first-order chi connectivity index (χ1) is 16.8. The average molecular weight is 515 g/mol. The smallest absolute Gasteiger partial charge is 0.341 e. The van der Waals surface area contributed by atoms with Crippen LogP contribution in [0.5, 0.6) is 5.88 Å². The number of aromatic nitrogens is 5. The number of aromatic carboxylic acids is 1. The molecule has 4 aromatic rings. The summed E-state index contributed by atoms with van der Waals surface area (Å²) in [6.07, 6.45) is 7.88. The number of carboxylic acid groups (broad SMARTS) is 1. The molecule has 1 N–H and O–H groups in total. The molecule has 10 nitrogen and oxygen atoms in total. The largest absolute Gasteiger partial charge is 0.477 e. The Morgan fingerprint density at radius 3 is 2.83 bits per heavy atom. The van der Waals surface area contributed by atoms with E-state index in [9.17, 15) is 14.7 Å². The number of hydrogen-bond donors (Lipinski definition) is 1. The molecule has 1 aliphatic rings. The highest BCUT2D eigenvalue weighted by Gasteiger charge is 2.30. The van der Waals surface area contributed by atoms with Crippen molar-refractivity contribution in [3.8, 4) is 11.6 Å². The molecule has 1 fully saturated rings. The Morgan fingerprint density at radius 2 is 2.11 bits per heavy atom. The van der Waals surface area contributed by atoms with Crippen molar-refractivity contribution in [2.45, 2.75) is 18.9 Å². The van der Waals surface area contributed by atoms with E-state index in [0.29, 0.717) is 35.6 Å². The van der Waals surface area contributed by atoms with E-state index >= 15 is 0 Å². The number of carbonyl (C=O) groups is 1. The van der Waals surface area contributed by atoms with Crippen LogP contribution in [-0.2, 0) is 7.05 Å². The molecule has 1 aliphatic heterocycles. The Balaban J connectivity index is 1.58. The third-order valence-electron chi connectivity index (χ3n) is 5.90. The zero-order valence-electron chi connectivity index (χ0n) is 18.6. The summed E-state index contributed by atoms with van der Waals surface area (Å²) in [6.45, 7) is 1.01. The van der Waals surface area contributed by atoms with Crippen molar-refractivity contribution in [2.24, 2.45) is 7.05 Å². The third kappa shape index (κ3) is 4.30. The van der Waals surface area contributed by atoms with Gasteiger partial charge in [0.1, 0.15) is 23.0 Å². The molecular formula is C23H20Cl2N6O4. The van der Waals surface area contributed by atoms with E-state index in [0.717, 1.165) is 12.8 Å². The van der Waals surface area contributed by atoms with Crippen LogP contribution in [0.1, 0.15) is 23.2 Å². The standard InChI is InChI=1S/C23H20Cl2N6O4/c1-29-10-14(9-27-29)31-11-16(23(33)34)19(32)15-8-18(25)21(28-20(15)31)30-7-3-4-13(30)12-35-22-17(24)5-2-6-26-22/h2,5-6,8-11,13H,3-4,7,12H2,1H3,(H,33,34)/t13-/m1/s1. The number of halogens is 2. The van der Waals surface area contributed by atoms with E-state index in [-0.39, 0.29) is 27.7 Å². The molecule has 1 saturated heterocycles. The van der Waals surface area contributed by atoms with E-state index in [1.165, 1.54) is 12.3 Å². The maximum atomic E-state index is 12.9. The maximum Gasteiger partial charge on any atom is 0.341 e. The molecular weight excluding hydrogens is 495 g/mol. The van der Waals surface area contributed by atoms with Crippen LogP contribution in [0.4, 0.5) is 5.82 Å². The molecule has 0 amide bonds. The summed E-state index contributed by atoms with van der Waals surface area (Å²) in [5.74, 6) is -0.498. The summed E-state index contributed by atoms with van der Waals surface area (Å²) in [6, 6.07) is 4.87. The summed E-state index contributed by atoms with van der Waals surface area (Å²) in [5, 5.41) is 14.5. The van der Waals surface area contributed by atoms with Gasteiger partial charge in [0.2, 0.25) is 11.3 Å². The van der Waals surface area contributed by atoms with Crippen molar-refractivity contribution >= 4 is 46.0 Å². The van der Waals surface area contributed by atoms with Crippen molar-refractivity contribution in [2.75, 3.05) is 18.1 Å². The van der Waals surface area contributed by atoms with Crippen molar-refractivity contribution < 1.29 is 14.6 Å². The molecule has 5 rings (SSSR count). The molecule has 0 bridgehead atoms. The van der Waals surface area contributed by atoms with Crippen molar-refractivity contribution in [3.05, 3.63) is 68.8 Å². The Hall–Kier alpha value is -3.63. The molecule has 35 heavy (non-hydrogen) atoms. The fraction of sp³-hybridized carbons (Fsp3) is 0.261. The first kappa shape index (κ1) is 23.1. The monoisotopic (exact) mass is 514 g/mol. The van der Waals surface area contributed by atoms with Crippen LogP contribution in [0.3, 0.4) is 0 Å². The van der Waals surface area contributed by atoms with Gasteiger partial charge in [-0.15, -0.1) is 0 Å². The minimum absolute atomic E-state index is 0.0487. The van der Waals surface area contributed by atoms with Crippen LogP contribution >= 0.6 is 23.2 Å². The highest BCUT2D eigenvalue weighted by molar-refractivity contribution is 6.33.